The molecule has 0 unspecified atom stereocenters. The number of nitrogens with one attached hydrogen (secondary N) is 1. The second-order valence-corrected chi connectivity index (χ2v) is 10.9. The number of aliphatic imine (C=N–C) groups is 1. The molecule has 0 amide bonds. The Morgan fingerprint density at radius 2 is 1.78 bits per heavy atom. The van der Waals surface area contributed by atoms with E-state index in [0.717, 1.165) is 38.3 Å². The van der Waals surface area contributed by atoms with E-state index >= 15 is 0 Å². The minimum absolute atomic E-state index is 0. The number of hydrogen-bond acceptors (Lipinski definition) is 3. The Morgan fingerprint density at radius 3 is 2.30 bits per heavy atom. The van der Waals surface area contributed by atoms with Crippen molar-refractivity contribution < 1.29 is 8.42 Å². The van der Waals surface area contributed by atoms with Crippen LogP contribution in [0.5, 0.6) is 0 Å². The molecular weight excluding hydrogens is 473 g/mol. The summed E-state index contributed by atoms with van der Waals surface area (Å²) in [6.07, 6.45) is 3.40. The first kappa shape index (κ1) is 24.2. The first-order valence-corrected chi connectivity index (χ1v) is 11.1. The van der Waals surface area contributed by atoms with Crippen molar-refractivity contribution in [1.82, 2.24) is 10.2 Å². The van der Waals surface area contributed by atoms with Crippen LogP contribution in [0.4, 0.5) is 0 Å². The van der Waals surface area contributed by atoms with Crippen LogP contribution in [0.3, 0.4) is 0 Å². The molecule has 0 radical (unpaired) electrons. The summed E-state index contributed by atoms with van der Waals surface area (Å²) >= 11 is 0. The average Bonchev–Trinajstić information content (AvgIpc) is 2.59. The number of guanidine groups is 1. The lowest BCUT2D eigenvalue weighted by Crippen LogP contribution is -2.47. The molecule has 2 rings (SSSR count). The van der Waals surface area contributed by atoms with Crippen LogP contribution in [0.25, 0.3) is 0 Å². The predicted molar refractivity (Wildman–Crippen MR) is 125 cm³/mol. The highest BCUT2D eigenvalue weighted by Crippen LogP contribution is 2.21. The molecule has 0 bridgehead atoms. The van der Waals surface area contributed by atoms with Crippen molar-refractivity contribution in [2.75, 3.05) is 32.4 Å². The molecule has 1 aromatic carbocycles. The summed E-state index contributed by atoms with van der Waals surface area (Å²) in [7, 11) is -1.35. The number of sulfone groups is 1. The van der Waals surface area contributed by atoms with Gasteiger partial charge in [0.05, 0.1) is 10.5 Å². The number of rotatable bonds is 5. The maximum atomic E-state index is 12.2. The van der Waals surface area contributed by atoms with Crippen LogP contribution in [-0.2, 0) is 16.3 Å². The lowest BCUT2D eigenvalue weighted by Gasteiger charge is -2.34. The number of benzene rings is 1. The van der Waals surface area contributed by atoms with Gasteiger partial charge in [-0.1, -0.05) is 30.3 Å². The first-order valence-electron chi connectivity index (χ1n) is 9.45. The molecule has 1 N–H and O–H groups in total. The molecule has 1 heterocycles. The summed E-state index contributed by atoms with van der Waals surface area (Å²) in [5.41, 5.74) is 1.40. The highest BCUT2D eigenvalue weighted by molar-refractivity contribution is 14.0. The van der Waals surface area contributed by atoms with Gasteiger partial charge in [0.15, 0.2) is 15.8 Å². The fourth-order valence-corrected chi connectivity index (χ4v) is 4.22. The van der Waals surface area contributed by atoms with Crippen LogP contribution in [0.2, 0.25) is 0 Å². The standard InChI is InChI=1S/C20H33N3O2S.HI/c1-20(2,3)26(24,25)15-12-22-19(21-4)23-13-10-18(11-14-23)16-17-8-6-5-7-9-17;/h5-9,18H,10-16H2,1-4H3,(H,21,22);1H. The Kier molecular flexibility index (Phi) is 9.54. The van der Waals surface area contributed by atoms with E-state index in [1.807, 2.05) is 0 Å². The fourth-order valence-electron chi connectivity index (χ4n) is 3.23. The first-order chi connectivity index (χ1) is 12.2. The minimum atomic E-state index is -3.11. The normalized spacial score (nSPS) is 16.7. The van der Waals surface area contributed by atoms with E-state index in [4.69, 9.17) is 0 Å². The van der Waals surface area contributed by atoms with Gasteiger partial charge >= 0.3 is 0 Å². The molecule has 0 spiro atoms. The van der Waals surface area contributed by atoms with Gasteiger partial charge < -0.3 is 10.2 Å². The number of hydrogen-bond donors (Lipinski definition) is 1. The lowest BCUT2D eigenvalue weighted by molar-refractivity contribution is 0.259. The Hall–Kier alpha value is -0.830. The fraction of sp³-hybridized carbons (Fsp3) is 0.650. The van der Waals surface area contributed by atoms with Crippen LogP contribution in [0.15, 0.2) is 35.3 Å². The largest absolute Gasteiger partial charge is 0.355 e. The summed E-state index contributed by atoms with van der Waals surface area (Å²) in [5.74, 6) is 1.64. The van der Waals surface area contributed by atoms with Gasteiger partial charge in [-0.3, -0.25) is 4.99 Å². The van der Waals surface area contributed by atoms with Gasteiger partial charge in [-0.05, 0) is 51.5 Å². The van der Waals surface area contributed by atoms with E-state index < -0.39 is 14.6 Å². The predicted octanol–water partition coefficient (Wildman–Crippen LogP) is 3.35. The molecule has 7 heteroatoms. The number of piperidine rings is 1. The van der Waals surface area contributed by atoms with Crippen molar-refractivity contribution in [2.45, 2.75) is 44.8 Å². The van der Waals surface area contributed by atoms with Gasteiger partial charge in [-0.25, -0.2) is 8.42 Å². The van der Waals surface area contributed by atoms with E-state index in [1.54, 1.807) is 27.8 Å². The highest BCUT2D eigenvalue weighted by atomic mass is 127. The molecule has 0 aliphatic carbocycles. The van der Waals surface area contributed by atoms with Gasteiger partial charge in [-0.15, -0.1) is 24.0 Å². The Bertz CT molecular complexity index is 692. The molecule has 0 aromatic heterocycles. The van der Waals surface area contributed by atoms with Gasteiger partial charge in [0.25, 0.3) is 0 Å². The lowest BCUT2D eigenvalue weighted by atomic mass is 9.90. The number of halogens is 1. The number of likely N-dealkylation sites (tertiary alicyclic amines) is 1. The molecule has 1 saturated heterocycles. The Morgan fingerprint density at radius 1 is 1.19 bits per heavy atom. The van der Waals surface area contributed by atoms with E-state index in [2.05, 4.69) is 45.5 Å². The third-order valence-corrected chi connectivity index (χ3v) is 7.69. The van der Waals surface area contributed by atoms with Crippen LogP contribution < -0.4 is 5.32 Å². The Labute approximate surface area is 182 Å². The van der Waals surface area contributed by atoms with Crippen LogP contribution in [-0.4, -0.2) is 56.5 Å². The summed E-state index contributed by atoms with van der Waals surface area (Å²) in [5, 5.41) is 3.23. The molecule has 1 fully saturated rings. The topological polar surface area (TPSA) is 61.8 Å². The van der Waals surface area contributed by atoms with Crippen LogP contribution in [0.1, 0.15) is 39.2 Å². The van der Waals surface area contributed by atoms with Gasteiger partial charge in [0.1, 0.15) is 0 Å². The molecule has 0 saturated carbocycles. The monoisotopic (exact) mass is 507 g/mol. The zero-order valence-electron chi connectivity index (χ0n) is 16.9. The van der Waals surface area contributed by atoms with E-state index in [-0.39, 0.29) is 29.7 Å². The van der Waals surface area contributed by atoms with Crippen molar-refractivity contribution in [3.63, 3.8) is 0 Å². The molecule has 1 aliphatic heterocycles. The van der Waals surface area contributed by atoms with Crippen LogP contribution in [0, 0.1) is 5.92 Å². The smallest absolute Gasteiger partial charge is 0.193 e. The summed E-state index contributed by atoms with van der Waals surface area (Å²) < 4.78 is 23.7. The van der Waals surface area contributed by atoms with Crippen molar-refractivity contribution in [1.29, 1.82) is 0 Å². The summed E-state index contributed by atoms with van der Waals surface area (Å²) in [6.45, 7) is 7.56. The minimum Gasteiger partial charge on any atom is -0.355 e. The number of nitrogens with zero attached hydrogens (tertiary/aromatic N) is 2. The van der Waals surface area contributed by atoms with E-state index in [0.29, 0.717) is 12.5 Å². The average molecular weight is 507 g/mol. The van der Waals surface area contributed by atoms with Crippen molar-refractivity contribution in [3.05, 3.63) is 35.9 Å². The quantitative estimate of drug-likeness (QED) is 0.377. The molecule has 27 heavy (non-hydrogen) atoms. The SMILES string of the molecule is CN=C(NCCS(=O)(=O)C(C)(C)C)N1CCC(Cc2ccccc2)CC1.I. The third kappa shape index (κ3) is 7.25. The molecule has 0 atom stereocenters. The van der Waals surface area contributed by atoms with E-state index in [9.17, 15) is 8.42 Å². The highest BCUT2D eigenvalue weighted by Gasteiger charge is 2.28. The second kappa shape index (κ2) is 10.6. The summed E-state index contributed by atoms with van der Waals surface area (Å²) in [4.78, 5) is 6.58. The zero-order chi connectivity index (χ0) is 19.2. The van der Waals surface area contributed by atoms with Gasteiger partial charge in [0, 0.05) is 26.7 Å². The Balaban J connectivity index is 0.00000364. The summed E-state index contributed by atoms with van der Waals surface area (Å²) in [6, 6.07) is 10.6. The molecule has 1 aliphatic rings. The molecule has 1 aromatic rings. The maximum Gasteiger partial charge on any atom is 0.193 e. The third-order valence-electron chi connectivity index (χ3n) is 5.08. The maximum absolute atomic E-state index is 12.2. The van der Waals surface area contributed by atoms with Crippen molar-refractivity contribution in [2.24, 2.45) is 10.9 Å². The molecular formula is C20H34IN3O2S. The van der Waals surface area contributed by atoms with Gasteiger partial charge in [0.2, 0.25) is 0 Å². The van der Waals surface area contributed by atoms with Crippen molar-refractivity contribution in [3.8, 4) is 0 Å². The van der Waals surface area contributed by atoms with E-state index in [1.165, 1.54) is 5.56 Å². The second-order valence-electron chi connectivity index (χ2n) is 8.03. The van der Waals surface area contributed by atoms with Crippen molar-refractivity contribution >= 4 is 39.8 Å². The van der Waals surface area contributed by atoms with Crippen LogP contribution >= 0.6 is 24.0 Å². The molecule has 154 valence electrons. The van der Waals surface area contributed by atoms with Gasteiger partial charge in [-0.2, -0.15) is 0 Å². The zero-order valence-corrected chi connectivity index (χ0v) is 20.1. The molecule has 5 nitrogen and oxygen atoms in total.